The van der Waals surface area contributed by atoms with Crippen LogP contribution in [-0.4, -0.2) is 95.9 Å². The average molecular weight is 349 g/mol. The molecule has 1 unspecified atom stereocenters. The summed E-state index contributed by atoms with van der Waals surface area (Å²) in [5.41, 5.74) is -0.938. The quantitative estimate of drug-likeness (QED) is 0.774. The van der Waals surface area contributed by atoms with Gasteiger partial charge in [-0.1, -0.05) is 0 Å². The Kier molecular flexibility index (Phi) is 5.82. The van der Waals surface area contributed by atoms with E-state index in [0.29, 0.717) is 45.2 Å². The van der Waals surface area contributed by atoms with Crippen molar-refractivity contribution in [3.8, 4) is 0 Å². The number of carbonyl (C=O) groups excluding carboxylic acids is 1. The first kappa shape index (κ1) is 18.0. The van der Waals surface area contributed by atoms with Crippen LogP contribution in [0.4, 0.5) is 5.95 Å². The van der Waals surface area contributed by atoms with Crippen LogP contribution < -0.4 is 4.90 Å². The van der Waals surface area contributed by atoms with Gasteiger partial charge in [-0.3, -0.25) is 9.69 Å². The fourth-order valence-corrected chi connectivity index (χ4v) is 3.47. The van der Waals surface area contributed by atoms with Crippen molar-refractivity contribution in [1.82, 2.24) is 19.8 Å². The van der Waals surface area contributed by atoms with Crippen LogP contribution in [0, 0.1) is 0 Å². The molecule has 1 aromatic rings. The minimum absolute atomic E-state index is 0.0309. The Bertz CT molecular complexity index is 567. The number of β-amino-alcohol motifs (C(OH)–C–C–N with tert-alkyl or cyclic N) is 1. The molecule has 3 heterocycles. The van der Waals surface area contributed by atoms with Gasteiger partial charge in [0.2, 0.25) is 11.9 Å². The molecule has 0 bridgehead atoms. The summed E-state index contributed by atoms with van der Waals surface area (Å²) in [5, 5.41) is 11.0. The zero-order valence-electron chi connectivity index (χ0n) is 14.8. The largest absolute Gasteiger partial charge is 0.386 e. The van der Waals surface area contributed by atoms with Crippen molar-refractivity contribution >= 4 is 11.9 Å². The second-order valence-electron chi connectivity index (χ2n) is 6.94. The summed E-state index contributed by atoms with van der Waals surface area (Å²) in [4.78, 5) is 26.7. The Hall–Kier alpha value is -1.77. The summed E-state index contributed by atoms with van der Waals surface area (Å²) >= 11 is 0. The molecule has 8 nitrogen and oxygen atoms in total. The third-order valence-electron chi connectivity index (χ3n) is 4.81. The van der Waals surface area contributed by atoms with Gasteiger partial charge in [0.1, 0.15) is 0 Å². The third kappa shape index (κ3) is 4.87. The lowest BCUT2D eigenvalue weighted by Crippen LogP contribution is -2.56. The molecule has 25 heavy (non-hydrogen) atoms. The lowest BCUT2D eigenvalue weighted by Gasteiger charge is -2.41. The summed E-state index contributed by atoms with van der Waals surface area (Å²) in [6.07, 6.45) is 4.92. The van der Waals surface area contributed by atoms with Gasteiger partial charge in [0.05, 0.1) is 38.4 Å². The molecule has 1 N–H and O–H groups in total. The van der Waals surface area contributed by atoms with Gasteiger partial charge >= 0.3 is 0 Å². The molecule has 2 saturated heterocycles. The average Bonchev–Trinajstić information content (AvgIpc) is 2.63. The van der Waals surface area contributed by atoms with Gasteiger partial charge in [-0.05, 0) is 18.9 Å². The summed E-state index contributed by atoms with van der Waals surface area (Å²) in [6.45, 7) is 4.86. The number of amides is 1. The van der Waals surface area contributed by atoms with Gasteiger partial charge < -0.3 is 19.6 Å². The van der Waals surface area contributed by atoms with E-state index in [9.17, 15) is 9.90 Å². The van der Waals surface area contributed by atoms with Crippen molar-refractivity contribution in [3.63, 3.8) is 0 Å². The van der Waals surface area contributed by atoms with Gasteiger partial charge in [-0.15, -0.1) is 0 Å². The topological polar surface area (TPSA) is 82.0 Å². The van der Waals surface area contributed by atoms with E-state index in [1.54, 1.807) is 30.4 Å². The molecule has 0 aromatic carbocycles. The Labute approximate surface area is 148 Å². The summed E-state index contributed by atoms with van der Waals surface area (Å²) in [5.74, 6) is 0.659. The summed E-state index contributed by atoms with van der Waals surface area (Å²) in [6, 6.07) is 1.78. The molecule has 2 fully saturated rings. The van der Waals surface area contributed by atoms with Crippen LogP contribution in [0.2, 0.25) is 0 Å². The molecule has 138 valence electrons. The van der Waals surface area contributed by atoms with E-state index in [2.05, 4.69) is 14.9 Å². The smallest absolute Gasteiger partial charge is 0.236 e. The normalized spacial score (nSPS) is 25.0. The number of anilines is 1. The highest BCUT2D eigenvalue weighted by Gasteiger charge is 2.36. The molecule has 0 aliphatic carbocycles. The maximum atomic E-state index is 12.5. The molecule has 1 atom stereocenters. The van der Waals surface area contributed by atoms with E-state index in [1.165, 1.54) is 0 Å². The Morgan fingerprint density at radius 1 is 1.32 bits per heavy atom. The van der Waals surface area contributed by atoms with E-state index >= 15 is 0 Å². The third-order valence-corrected chi connectivity index (χ3v) is 4.81. The molecule has 0 spiro atoms. The first-order chi connectivity index (χ1) is 12.1. The monoisotopic (exact) mass is 349 g/mol. The predicted octanol–water partition coefficient (Wildman–Crippen LogP) is -0.401. The van der Waals surface area contributed by atoms with Crippen LogP contribution in [-0.2, 0) is 9.53 Å². The van der Waals surface area contributed by atoms with Gasteiger partial charge in [-0.25, -0.2) is 9.97 Å². The van der Waals surface area contributed by atoms with E-state index in [0.717, 1.165) is 26.1 Å². The number of nitrogens with zero attached hydrogens (tertiary/aromatic N) is 5. The first-order valence-corrected chi connectivity index (χ1v) is 8.84. The SMILES string of the molecule is CN(CC1(O)CCCN(c2ncccn2)C1)C(=O)CN1CCOCC1. The number of morpholine rings is 1. The van der Waals surface area contributed by atoms with Crippen LogP contribution in [0.15, 0.2) is 18.5 Å². The Morgan fingerprint density at radius 3 is 2.76 bits per heavy atom. The number of piperidine rings is 1. The number of carbonyl (C=O) groups is 1. The van der Waals surface area contributed by atoms with Crippen LogP contribution in [0.5, 0.6) is 0 Å². The molecule has 2 aliphatic heterocycles. The molecule has 8 heteroatoms. The number of ether oxygens (including phenoxy) is 1. The minimum Gasteiger partial charge on any atom is -0.386 e. The second-order valence-corrected chi connectivity index (χ2v) is 6.94. The molecular formula is C17H27N5O3. The standard InChI is InChI=1S/C17H27N5O3/c1-20(15(23)12-21-8-10-25-11-9-21)13-17(24)4-2-7-22(14-17)16-18-5-3-6-19-16/h3,5-6,24H,2,4,7-14H2,1H3. The van der Waals surface area contributed by atoms with E-state index in [4.69, 9.17) is 4.74 Å². The fraction of sp³-hybridized carbons (Fsp3) is 0.706. The van der Waals surface area contributed by atoms with Crippen molar-refractivity contribution < 1.29 is 14.6 Å². The van der Waals surface area contributed by atoms with Gasteiger partial charge in [-0.2, -0.15) is 0 Å². The molecular weight excluding hydrogens is 322 g/mol. The lowest BCUT2D eigenvalue weighted by molar-refractivity contribution is -0.135. The van der Waals surface area contributed by atoms with Gasteiger partial charge in [0.25, 0.3) is 0 Å². The molecule has 2 aliphatic rings. The second kappa shape index (κ2) is 8.07. The highest BCUT2D eigenvalue weighted by molar-refractivity contribution is 5.78. The van der Waals surface area contributed by atoms with E-state index in [1.807, 2.05) is 4.90 Å². The summed E-state index contributed by atoms with van der Waals surface area (Å²) < 4.78 is 5.31. The van der Waals surface area contributed by atoms with Gasteiger partial charge in [0.15, 0.2) is 0 Å². The number of rotatable bonds is 5. The minimum atomic E-state index is -0.938. The van der Waals surface area contributed by atoms with Crippen LogP contribution >= 0.6 is 0 Å². The van der Waals surface area contributed by atoms with Crippen LogP contribution in [0.25, 0.3) is 0 Å². The molecule has 0 radical (unpaired) electrons. The molecule has 3 rings (SSSR count). The Balaban J connectivity index is 1.55. The highest BCUT2D eigenvalue weighted by Crippen LogP contribution is 2.24. The van der Waals surface area contributed by atoms with Crippen molar-refractivity contribution in [2.75, 3.05) is 64.4 Å². The maximum absolute atomic E-state index is 12.5. The lowest BCUT2D eigenvalue weighted by atomic mass is 9.92. The summed E-state index contributed by atoms with van der Waals surface area (Å²) in [7, 11) is 1.76. The molecule has 1 aromatic heterocycles. The van der Waals surface area contributed by atoms with Gasteiger partial charge in [0, 0.05) is 39.1 Å². The van der Waals surface area contributed by atoms with Crippen molar-refractivity contribution in [2.45, 2.75) is 18.4 Å². The first-order valence-electron chi connectivity index (χ1n) is 8.84. The maximum Gasteiger partial charge on any atom is 0.236 e. The molecule has 1 amide bonds. The molecule has 0 saturated carbocycles. The highest BCUT2D eigenvalue weighted by atomic mass is 16.5. The number of hydrogen-bond donors (Lipinski definition) is 1. The van der Waals surface area contributed by atoms with Crippen LogP contribution in [0.1, 0.15) is 12.8 Å². The van der Waals surface area contributed by atoms with Crippen molar-refractivity contribution in [3.05, 3.63) is 18.5 Å². The predicted molar refractivity (Wildman–Crippen MR) is 93.3 cm³/mol. The zero-order chi connectivity index (χ0) is 17.7. The zero-order valence-corrected chi connectivity index (χ0v) is 14.8. The number of aliphatic hydroxyl groups is 1. The van der Waals surface area contributed by atoms with E-state index in [-0.39, 0.29) is 5.91 Å². The number of likely N-dealkylation sites (N-methyl/N-ethyl adjacent to an activating group) is 1. The van der Waals surface area contributed by atoms with Crippen LogP contribution in [0.3, 0.4) is 0 Å². The Morgan fingerprint density at radius 2 is 2.04 bits per heavy atom. The van der Waals surface area contributed by atoms with E-state index < -0.39 is 5.60 Å². The number of aromatic nitrogens is 2. The fourth-order valence-electron chi connectivity index (χ4n) is 3.47. The number of hydrogen-bond acceptors (Lipinski definition) is 7. The van der Waals surface area contributed by atoms with Crippen molar-refractivity contribution in [2.24, 2.45) is 0 Å². The van der Waals surface area contributed by atoms with Crippen molar-refractivity contribution in [1.29, 1.82) is 0 Å².